The second-order valence-electron chi connectivity index (χ2n) is 16.1. The van der Waals surface area contributed by atoms with E-state index in [0.717, 1.165) is 78.2 Å². The first-order valence-electron chi connectivity index (χ1n) is 21.1. The van der Waals surface area contributed by atoms with Crippen molar-refractivity contribution in [1.29, 1.82) is 0 Å². The van der Waals surface area contributed by atoms with E-state index in [9.17, 15) is 0 Å². The fourth-order valence-electron chi connectivity index (χ4n) is 10.1. The summed E-state index contributed by atoms with van der Waals surface area (Å²) in [5, 5.41) is 14.5. The van der Waals surface area contributed by atoms with Crippen molar-refractivity contribution >= 4 is 43.7 Å². The van der Waals surface area contributed by atoms with Gasteiger partial charge in [0.15, 0.2) is 11.6 Å². The van der Waals surface area contributed by atoms with Crippen LogP contribution in [0.1, 0.15) is 22.6 Å². The van der Waals surface area contributed by atoms with Crippen LogP contribution in [0.4, 0.5) is 0 Å². The molecule has 12 aromatic rings. The van der Waals surface area contributed by atoms with Gasteiger partial charge in [-0.05, 0) is 69.8 Å². The molecular formula is C57H36N4O. The van der Waals surface area contributed by atoms with Crippen molar-refractivity contribution in [3.8, 4) is 56.4 Å². The topological polar surface area (TPSA) is 48.8 Å². The fourth-order valence-corrected chi connectivity index (χ4v) is 10.1. The van der Waals surface area contributed by atoms with Gasteiger partial charge in [-0.2, -0.15) is 0 Å². The second kappa shape index (κ2) is 13.6. The van der Waals surface area contributed by atoms with E-state index in [2.05, 4.69) is 203 Å². The van der Waals surface area contributed by atoms with Crippen molar-refractivity contribution in [3.05, 3.63) is 229 Å². The minimum Gasteiger partial charge on any atom is -0.456 e. The molecule has 3 heterocycles. The molecule has 290 valence electrons. The monoisotopic (exact) mass is 792 g/mol. The summed E-state index contributed by atoms with van der Waals surface area (Å²) in [6, 6.07) is 75.8. The summed E-state index contributed by atoms with van der Waals surface area (Å²) in [6.07, 6.45) is 0. The van der Waals surface area contributed by atoms with Crippen molar-refractivity contribution in [2.45, 2.75) is 5.92 Å². The van der Waals surface area contributed by atoms with E-state index in [0.29, 0.717) is 0 Å². The maximum Gasteiger partial charge on any atom is 0.169 e. The molecule has 5 nitrogen and oxygen atoms in total. The maximum absolute atomic E-state index is 6.46. The van der Waals surface area contributed by atoms with E-state index >= 15 is 0 Å². The number of fused-ring (bicyclic) bond motifs is 9. The van der Waals surface area contributed by atoms with Crippen LogP contribution in [0.5, 0.6) is 0 Å². The van der Waals surface area contributed by atoms with E-state index in [-0.39, 0.29) is 5.92 Å². The summed E-state index contributed by atoms with van der Waals surface area (Å²) in [6.45, 7) is 0. The minimum atomic E-state index is 0.0181. The predicted molar refractivity (Wildman–Crippen MR) is 252 cm³/mol. The maximum atomic E-state index is 6.46. The highest BCUT2D eigenvalue weighted by Gasteiger charge is 2.33. The van der Waals surface area contributed by atoms with Crippen LogP contribution in [-0.4, -0.2) is 19.3 Å². The lowest BCUT2D eigenvalue weighted by Crippen LogP contribution is -2.02. The normalized spacial score (nSPS) is 13.3. The Balaban J connectivity index is 0.979. The van der Waals surface area contributed by atoms with Crippen LogP contribution in [0.15, 0.2) is 217 Å². The van der Waals surface area contributed by atoms with Crippen molar-refractivity contribution in [2.75, 3.05) is 0 Å². The van der Waals surface area contributed by atoms with Gasteiger partial charge in [0.25, 0.3) is 0 Å². The summed E-state index contributed by atoms with van der Waals surface area (Å²) in [4.78, 5) is 0. The van der Waals surface area contributed by atoms with Gasteiger partial charge in [0.05, 0.1) is 16.7 Å². The highest BCUT2D eigenvalue weighted by molar-refractivity contribution is 6.17. The van der Waals surface area contributed by atoms with Gasteiger partial charge in [0.2, 0.25) is 0 Å². The van der Waals surface area contributed by atoms with Gasteiger partial charge >= 0.3 is 0 Å². The highest BCUT2D eigenvalue weighted by Crippen LogP contribution is 2.52. The predicted octanol–water partition coefficient (Wildman–Crippen LogP) is 14.4. The molecule has 0 saturated heterocycles. The quantitative estimate of drug-likeness (QED) is 0.168. The lowest BCUT2D eigenvalue weighted by molar-refractivity contribution is 0.669. The first-order valence-corrected chi connectivity index (χ1v) is 21.1. The molecule has 9 aromatic carbocycles. The number of hydrogen-bond donors (Lipinski definition) is 0. The van der Waals surface area contributed by atoms with Crippen LogP contribution in [-0.2, 0) is 0 Å². The summed E-state index contributed by atoms with van der Waals surface area (Å²) in [7, 11) is 0. The van der Waals surface area contributed by atoms with Crippen LogP contribution >= 0.6 is 0 Å². The van der Waals surface area contributed by atoms with Crippen LogP contribution in [0.3, 0.4) is 0 Å². The Bertz CT molecular complexity index is 3710. The van der Waals surface area contributed by atoms with E-state index in [1.54, 1.807) is 0 Å². The highest BCUT2D eigenvalue weighted by atomic mass is 16.3. The molecule has 0 saturated carbocycles. The number of furan rings is 1. The first-order chi connectivity index (χ1) is 30.8. The SMILES string of the molecule is c1ccc(-c2nnc(-c3cccc4c3-c3ccccc3C4c3cccc(-c4ccccc4-n4c5ccccc5c5cc6c(cc54)oc4ccccc46)c3)n2-c2ccccc2)cc1. The molecule has 0 amide bonds. The number of para-hydroxylation sites is 4. The van der Waals surface area contributed by atoms with Crippen molar-refractivity contribution in [3.63, 3.8) is 0 Å². The summed E-state index contributed by atoms with van der Waals surface area (Å²) < 4.78 is 11.1. The molecule has 1 aliphatic rings. The minimum absolute atomic E-state index is 0.0181. The molecule has 1 aliphatic carbocycles. The molecule has 0 N–H and O–H groups in total. The number of benzene rings is 9. The van der Waals surface area contributed by atoms with Gasteiger partial charge in [-0.1, -0.05) is 170 Å². The first kappa shape index (κ1) is 34.6. The van der Waals surface area contributed by atoms with E-state index in [1.165, 1.54) is 38.6 Å². The van der Waals surface area contributed by atoms with Crippen LogP contribution in [0, 0.1) is 0 Å². The molecule has 1 unspecified atom stereocenters. The summed E-state index contributed by atoms with van der Waals surface area (Å²) in [5.74, 6) is 1.64. The lowest BCUT2D eigenvalue weighted by Gasteiger charge is -2.18. The Morgan fingerprint density at radius 2 is 1.05 bits per heavy atom. The van der Waals surface area contributed by atoms with Gasteiger partial charge in [-0.25, -0.2) is 0 Å². The Morgan fingerprint density at radius 1 is 0.387 bits per heavy atom. The van der Waals surface area contributed by atoms with Gasteiger partial charge in [-0.15, -0.1) is 10.2 Å². The van der Waals surface area contributed by atoms with Gasteiger partial charge < -0.3 is 8.98 Å². The number of aromatic nitrogens is 4. The largest absolute Gasteiger partial charge is 0.456 e. The zero-order valence-corrected chi connectivity index (χ0v) is 33.5. The standard InChI is InChI=1S/C57H36N4O/c1-3-17-36(18-4-1)56-58-59-57(60(56)39-21-5-2-6-22-39)46-29-16-28-45-54(43-26-7-8-27-44(43)55(45)46)38-20-15-19-37(33-38)40-23-9-12-30-49(40)61-50-31-13-10-24-41(50)47-34-48-42-25-11-14-32-52(42)62-53(48)35-51(47)61/h1-35,54H. The van der Waals surface area contributed by atoms with Gasteiger partial charge in [0, 0.05) is 55.9 Å². The molecule has 13 rings (SSSR count). The Morgan fingerprint density at radius 3 is 1.94 bits per heavy atom. The molecule has 0 radical (unpaired) electrons. The van der Waals surface area contributed by atoms with Gasteiger partial charge in [0.1, 0.15) is 11.2 Å². The lowest BCUT2D eigenvalue weighted by atomic mass is 9.87. The van der Waals surface area contributed by atoms with Crippen molar-refractivity contribution in [1.82, 2.24) is 19.3 Å². The molecule has 3 aromatic heterocycles. The second-order valence-corrected chi connectivity index (χ2v) is 16.1. The molecule has 0 spiro atoms. The van der Waals surface area contributed by atoms with E-state index in [4.69, 9.17) is 14.6 Å². The zero-order valence-electron chi connectivity index (χ0n) is 33.5. The van der Waals surface area contributed by atoms with E-state index in [1.807, 2.05) is 18.2 Å². The smallest absolute Gasteiger partial charge is 0.169 e. The van der Waals surface area contributed by atoms with E-state index < -0.39 is 0 Å². The molecule has 62 heavy (non-hydrogen) atoms. The Kier molecular flexibility index (Phi) is 7.60. The third-order valence-electron chi connectivity index (χ3n) is 12.7. The molecule has 0 aliphatic heterocycles. The number of nitrogens with zero attached hydrogens (tertiary/aromatic N) is 4. The average Bonchev–Trinajstić information content (AvgIpc) is 4.11. The van der Waals surface area contributed by atoms with Crippen molar-refractivity contribution < 1.29 is 4.42 Å². The molecule has 1 atom stereocenters. The Hall–Kier alpha value is -8.28. The van der Waals surface area contributed by atoms with Gasteiger partial charge in [-0.3, -0.25) is 4.57 Å². The average molecular weight is 793 g/mol. The molecular weight excluding hydrogens is 757 g/mol. The number of hydrogen-bond acceptors (Lipinski definition) is 3. The zero-order chi connectivity index (χ0) is 40.7. The molecule has 0 fully saturated rings. The van der Waals surface area contributed by atoms with Crippen LogP contribution in [0.2, 0.25) is 0 Å². The van der Waals surface area contributed by atoms with Crippen molar-refractivity contribution in [2.24, 2.45) is 0 Å². The van der Waals surface area contributed by atoms with Crippen LogP contribution < -0.4 is 0 Å². The Labute approximate surface area is 357 Å². The summed E-state index contributed by atoms with van der Waals surface area (Å²) in [5.41, 5.74) is 16.8. The third-order valence-corrected chi connectivity index (χ3v) is 12.7. The molecule has 5 heteroatoms. The van der Waals surface area contributed by atoms with Crippen LogP contribution in [0.25, 0.3) is 100 Å². The molecule has 0 bridgehead atoms. The fraction of sp³-hybridized carbons (Fsp3) is 0.0175. The third kappa shape index (κ3) is 5.15. The summed E-state index contributed by atoms with van der Waals surface area (Å²) >= 11 is 0. The number of rotatable bonds is 6.